The SMILES string of the molecule is CCCN1CCCC(=O)c2ccccc21. The Balaban J connectivity index is 2.38. The van der Waals surface area contributed by atoms with Crippen LogP contribution in [0.2, 0.25) is 0 Å². The van der Waals surface area contributed by atoms with Crippen molar-refractivity contribution in [1.29, 1.82) is 0 Å². The van der Waals surface area contributed by atoms with E-state index >= 15 is 0 Å². The van der Waals surface area contributed by atoms with Gasteiger partial charge in [-0.05, 0) is 25.0 Å². The Morgan fingerprint density at radius 3 is 2.93 bits per heavy atom. The molecule has 2 nitrogen and oxygen atoms in total. The van der Waals surface area contributed by atoms with Crippen LogP contribution in [0.5, 0.6) is 0 Å². The summed E-state index contributed by atoms with van der Waals surface area (Å²) in [5, 5.41) is 0. The number of nitrogens with zero attached hydrogens (tertiary/aromatic N) is 1. The molecule has 0 unspecified atom stereocenters. The number of anilines is 1. The molecule has 0 atom stereocenters. The maximum atomic E-state index is 11.8. The molecule has 0 N–H and O–H groups in total. The third-order valence-corrected chi connectivity index (χ3v) is 2.87. The fraction of sp³-hybridized carbons (Fsp3) is 0.462. The van der Waals surface area contributed by atoms with Crippen LogP contribution >= 0.6 is 0 Å². The van der Waals surface area contributed by atoms with E-state index in [1.165, 1.54) is 0 Å². The molecule has 1 heterocycles. The van der Waals surface area contributed by atoms with Crippen LogP contribution in [-0.4, -0.2) is 18.9 Å². The van der Waals surface area contributed by atoms with Gasteiger partial charge in [0.15, 0.2) is 5.78 Å². The highest BCUT2D eigenvalue weighted by molar-refractivity contribution is 6.01. The number of hydrogen-bond donors (Lipinski definition) is 0. The van der Waals surface area contributed by atoms with Crippen LogP contribution in [0.4, 0.5) is 5.69 Å². The second-order valence-corrected chi connectivity index (χ2v) is 4.03. The molecule has 1 aromatic carbocycles. The maximum absolute atomic E-state index is 11.8. The van der Waals surface area contributed by atoms with Gasteiger partial charge in [0.1, 0.15) is 0 Å². The van der Waals surface area contributed by atoms with Gasteiger partial charge in [-0.2, -0.15) is 0 Å². The van der Waals surface area contributed by atoms with E-state index in [1.54, 1.807) is 0 Å². The quantitative estimate of drug-likeness (QED) is 0.736. The van der Waals surface area contributed by atoms with Crippen molar-refractivity contribution in [1.82, 2.24) is 0 Å². The highest BCUT2D eigenvalue weighted by Gasteiger charge is 2.19. The first-order valence-corrected chi connectivity index (χ1v) is 5.70. The summed E-state index contributed by atoms with van der Waals surface area (Å²) in [6, 6.07) is 7.98. The van der Waals surface area contributed by atoms with Gasteiger partial charge in [0.25, 0.3) is 0 Å². The Hall–Kier alpha value is -1.31. The van der Waals surface area contributed by atoms with E-state index in [0.29, 0.717) is 12.2 Å². The maximum Gasteiger partial charge on any atom is 0.165 e. The number of rotatable bonds is 2. The number of benzene rings is 1. The van der Waals surface area contributed by atoms with E-state index in [9.17, 15) is 4.79 Å². The fourth-order valence-corrected chi connectivity index (χ4v) is 2.17. The smallest absolute Gasteiger partial charge is 0.165 e. The van der Waals surface area contributed by atoms with Crippen LogP contribution in [0, 0.1) is 0 Å². The van der Waals surface area contributed by atoms with Gasteiger partial charge in [-0.25, -0.2) is 0 Å². The minimum atomic E-state index is 0.296. The number of fused-ring (bicyclic) bond motifs is 1. The molecule has 0 aliphatic carbocycles. The van der Waals surface area contributed by atoms with Gasteiger partial charge in [-0.1, -0.05) is 19.1 Å². The highest BCUT2D eigenvalue weighted by atomic mass is 16.1. The average molecular weight is 203 g/mol. The Bertz CT molecular complexity index is 359. The molecule has 1 aromatic rings. The van der Waals surface area contributed by atoms with Crippen molar-refractivity contribution in [2.75, 3.05) is 18.0 Å². The van der Waals surface area contributed by atoms with Crippen LogP contribution < -0.4 is 4.90 Å². The van der Waals surface area contributed by atoms with E-state index < -0.39 is 0 Å². The molecule has 0 amide bonds. The molecule has 0 spiro atoms. The lowest BCUT2D eigenvalue weighted by molar-refractivity contribution is 0.0984. The van der Waals surface area contributed by atoms with E-state index in [0.717, 1.165) is 37.2 Å². The molecule has 0 bridgehead atoms. The molecule has 2 rings (SSSR count). The Labute approximate surface area is 90.9 Å². The minimum Gasteiger partial charge on any atom is -0.371 e. The van der Waals surface area contributed by atoms with Crippen molar-refractivity contribution in [3.63, 3.8) is 0 Å². The van der Waals surface area contributed by atoms with Crippen LogP contribution in [-0.2, 0) is 0 Å². The van der Waals surface area contributed by atoms with Crippen LogP contribution in [0.25, 0.3) is 0 Å². The lowest BCUT2D eigenvalue weighted by Crippen LogP contribution is -2.24. The van der Waals surface area contributed by atoms with Gasteiger partial charge in [-0.15, -0.1) is 0 Å². The zero-order valence-corrected chi connectivity index (χ0v) is 9.20. The zero-order valence-electron chi connectivity index (χ0n) is 9.20. The summed E-state index contributed by atoms with van der Waals surface area (Å²) in [6.07, 6.45) is 2.80. The minimum absolute atomic E-state index is 0.296. The van der Waals surface area contributed by atoms with Crippen molar-refractivity contribution < 1.29 is 4.79 Å². The summed E-state index contributed by atoms with van der Waals surface area (Å²) in [4.78, 5) is 14.2. The van der Waals surface area contributed by atoms with Crippen LogP contribution in [0.1, 0.15) is 36.5 Å². The van der Waals surface area contributed by atoms with Crippen molar-refractivity contribution in [3.05, 3.63) is 29.8 Å². The number of Topliss-reactive ketones (excluding diaryl/α,β-unsaturated/α-hetero) is 1. The average Bonchev–Trinajstić information content (AvgIpc) is 2.41. The largest absolute Gasteiger partial charge is 0.371 e. The van der Waals surface area contributed by atoms with E-state index in [4.69, 9.17) is 0 Å². The number of para-hydroxylation sites is 1. The third-order valence-electron chi connectivity index (χ3n) is 2.87. The number of ketones is 1. The third kappa shape index (κ3) is 2.04. The van der Waals surface area contributed by atoms with Gasteiger partial charge in [-0.3, -0.25) is 4.79 Å². The van der Waals surface area contributed by atoms with Crippen LogP contribution in [0.3, 0.4) is 0 Å². The van der Waals surface area contributed by atoms with Gasteiger partial charge in [0.2, 0.25) is 0 Å². The molecule has 0 saturated heterocycles. The fourth-order valence-electron chi connectivity index (χ4n) is 2.17. The molecule has 15 heavy (non-hydrogen) atoms. The van der Waals surface area contributed by atoms with Crippen molar-refractivity contribution in [3.8, 4) is 0 Å². The molecule has 0 saturated carbocycles. The summed E-state index contributed by atoms with van der Waals surface area (Å²) < 4.78 is 0. The van der Waals surface area contributed by atoms with Crippen LogP contribution in [0.15, 0.2) is 24.3 Å². The second kappa shape index (κ2) is 4.47. The Morgan fingerprint density at radius 2 is 2.13 bits per heavy atom. The summed E-state index contributed by atoms with van der Waals surface area (Å²) in [5.74, 6) is 0.296. The first-order chi connectivity index (χ1) is 7.33. The number of hydrogen-bond acceptors (Lipinski definition) is 2. The summed E-state index contributed by atoms with van der Waals surface area (Å²) in [7, 11) is 0. The standard InChI is InChI=1S/C13H17NO/c1-2-9-14-10-5-8-13(15)11-6-3-4-7-12(11)14/h3-4,6-7H,2,5,8-10H2,1H3. The van der Waals surface area contributed by atoms with E-state index in [1.807, 2.05) is 18.2 Å². The number of carbonyl (C=O) groups is 1. The van der Waals surface area contributed by atoms with Gasteiger partial charge >= 0.3 is 0 Å². The monoisotopic (exact) mass is 203 g/mol. The molecular weight excluding hydrogens is 186 g/mol. The molecular formula is C13H17NO. The molecule has 0 aromatic heterocycles. The first-order valence-electron chi connectivity index (χ1n) is 5.70. The topological polar surface area (TPSA) is 20.3 Å². The van der Waals surface area contributed by atoms with Gasteiger partial charge in [0.05, 0.1) is 0 Å². The lowest BCUT2D eigenvalue weighted by atomic mass is 10.1. The zero-order chi connectivity index (χ0) is 10.7. The van der Waals surface area contributed by atoms with Gasteiger partial charge in [0, 0.05) is 30.8 Å². The van der Waals surface area contributed by atoms with Crippen molar-refractivity contribution >= 4 is 11.5 Å². The molecule has 0 fully saturated rings. The lowest BCUT2D eigenvalue weighted by Gasteiger charge is -2.23. The summed E-state index contributed by atoms with van der Waals surface area (Å²) >= 11 is 0. The Morgan fingerprint density at radius 1 is 1.33 bits per heavy atom. The van der Waals surface area contributed by atoms with E-state index in [2.05, 4.69) is 17.9 Å². The predicted molar refractivity (Wildman–Crippen MR) is 62.5 cm³/mol. The van der Waals surface area contributed by atoms with Gasteiger partial charge < -0.3 is 4.90 Å². The Kier molecular flexibility index (Phi) is 3.05. The predicted octanol–water partition coefficient (Wildman–Crippen LogP) is 2.88. The first kappa shape index (κ1) is 10.2. The van der Waals surface area contributed by atoms with E-state index in [-0.39, 0.29) is 0 Å². The molecule has 1 aliphatic heterocycles. The molecule has 2 heteroatoms. The molecule has 1 aliphatic rings. The normalized spacial score (nSPS) is 16.1. The number of carbonyl (C=O) groups excluding carboxylic acids is 1. The summed E-state index contributed by atoms with van der Waals surface area (Å²) in [5.41, 5.74) is 2.03. The van der Waals surface area contributed by atoms with Crippen molar-refractivity contribution in [2.45, 2.75) is 26.2 Å². The molecule has 80 valence electrons. The van der Waals surface area contributed by atoms with Crippen molar-refractivity contribution in [2.24, 2.45) is 0 Å². The summed E-state index contributed by atoms with van der Waals surface area (Å²) in [6.45, 7) is 4.23. The highest BCUT2D eigenvalue weighted by Crippen LogP contribution is 2.25. The molecule has 0 radical (unpaired) electrons. The second-order valence-electron chi connectivity index (χ2n) is 4.03.